The lowest BCUT2D eigenvalue weighted by molar-refractivity contribution is 0.0941. The summed E-state index contributed by atoms with van der Waals surface area (Å²) in [5, 5.41) is 4.61. The minimum Gasteiger partial charge on any atom is -0.314 e. The Morgan fingerprint density at radius 2 is 2.09 bits per heavy atom. The number of nitrogens with one attached hydrogen (secondary N) is 1. The molecule has 1 aliphatic heterocycles. The Bertz CT molecular complexity index is 698. The summed E-state index contributed by atoms with van der Waals surface area (Å²) in [6.07, 6.45) is 6.05. The third-order valence-electron chi connectivity index (χ3n) is 4.68. The van der Waals surface area contributed by atoms with E-state index in [4.69, 9.17) is 0 Å². The van der Waals surface area contributed by atoms with Crippen LogP contribution < -0.4 is 5.32 Å². The van der Waals surface area contributed by atoms with Crippen molar-refractivity contribution >= 4 is 16.8 Å². The van der Waals surface area contributed by atoms with Gasteiger partial charge in [0.1, 0.15) is 0 Å². The lowest BCUT2D eigenvalue weighted by Gasteiger charge is -2.35. The highest BCUT2D eigenvalue weighted by Gasteiger charge is 2.25. The molecule has 1 saturated heterocycles. The van der Waals surface area contributed by atoms with Gasteiger partial charge in [-0.2, -0.15) is 0 Å². The van der Waals surface area contributed by atoms with Crippen LogP contribution in [0.25, 0.3) is 10.9 Å². The lowest BCUT2D eigenvalue weighted by Crippen LogP contribution is -2.45. The number of fused-ring (bicyclic) bond motifs is 1. The monoisotopic (exact) mass is 311 g/mol. The number of para-hydroxylation sites is 1. The topological polar surface area (TPSA) is 37.3 Å². The van der Waals surface area contributed by atoms with E-state index < -0.39 is 0 Å². The summed E-state index contributed by atoms with van der Waals surface area (Å²) in [6, 6.07) is 8.55. The molecule has 4 heteroatoms. The van der Waals surface area contributed by atoms with Crippen molar-refractivity contribution in [1.82, 2.24) is 14.8 Å². The average molecular weight is 311 g/mol. The molecule has 1 N–H and O–H groups in total. The molecular formula is C19H25N3O. The maximum atomic E-state index is 12.0. The zero-order chi connectivity index (χ0) is 16.2. The van der Waals surface area contributed by atoms with Crippen molar-refractivity contribution in [3.8, 4) is 0 Å². The van der Waals surface area contributed by atoms with Gasteiger partial charge < -0.3 is 5.32 Å². The van der Waals surface area contributed by atoms with Crippen LogP contribution in [-0.2, 0) is 0 Å². The number of allylic oxidation sites excluding steroid dienone is 1. The second-order valence-electron chi connectivity index (χ2n) is 6.16. The molecule has 0 bridgehead atoms. The van der Waals surface area contributed by atoms with Crippen molar-refractivity contribution in [1.29, 1.82) is 0 Å². The van der Waals surface area contributed by atoms with Gasteiger partial charge in [-0.25, -0.2) is 0 Å². The fourth-order valence-corrected chi connectivity index (χ4v) is 3.54. The van der Waals surface area contributed by atoms with Crippen LogP contribution in [0.5, 0.6) is 0 Å². The predicted octanol–water partition coefficient (Wildman–Crippen LogP) is 3.21. The summed E-state index contributed by atoms with van der Waals surface area (Å²) in [5.41, 5.74) is 2.27. The molecule has 1 fully saturated rings. The van der Waals surface area contributed by atoms with E-state index in [0.29, 0.717) is 6.04 Å². The minimum atomic E-state index is 0.0650. The van der Waals surface area contributed by atoms with Gasteiger partial charge in [0, 0.05) is 50.7 Å². The SMILES string of the molecule is C=CCC[C@H](c1cn(C(C)=O)c2ccccc12)N1CCNCC1. The van der Waals surface area contributed by atoms with Gasteiger partial charge in [0.2, 0.25) is 5.91 Å². The second-order valence-corrected chi connectivity index (χ2v) is 6.16. The Hall–Kier alpha value is -1.91. The average Bonchev–Trinajstić information content (AvgIpc) is 2.96. The standard InChI is InChI=1S/C19H25N3O/c1-3-4-8-18(21-12-10-20-11-13-21)17-14-22(15(2)23)19-9-6-5-7-16(17)19/h3,5-7,9,14,18,20H,1,4,8,10-13H2,2H3/t18-/m1/s1. The van der Waals surface area contributed by atoms with Crippen LogP contribution >= 0.6 is 0 Å². The number of piperazine rings is 1. The molecule has 0 amide bonds. The number of benzene rings is 1. The van der Waals surface area contributed by atoms with Crippen LogP contribution in [0, 0.1) is 0 Å². The highest BCUT2D eigenvalue weighted by Crippen LogP contribution is 2.33. The molecule has 0 saturated carbocycles. The van der Waals surface area contributed by atoms with Crippen LogP contribution in [0.15, 0.2) is 43.1 Å². The van der Waals surface area contributed by atoms with Gasteiger partial charge in [0.05, 0.1) is 5.52 Å². The highest BCUT2D eigenvalue weighted by atomic mass is 16.1. The zero-order valence-corrected chi connectivity index (χ0v) is 13.8. The van der Waals surface area contributed by atoms with Gasteiger partial charge in [0.25, 0.3) is 0 Å². The third-order valence-corrected chi connectivity index (χ3v) is 4.68. The molecular weight excluding hydrogens is 286 g/mol. The number of aromatic nitrogens is 1. The van der Waals surface area contributed by atoms with Gasteiger partial charge in [0.15, 0.2) is 0 Å². The van der Waals surface area contributed by atoms with Crippen LogP contribution in [0.1, 0.15) is 36.2 Å². The zero-order valence-electron chi connectivity index (χ0n) is 13.8. The number of carbonyl (C=O) groups excluding carboxylic acids is 1. The Morgan fingerprint density at radius 3 is 2.78 bits per heavy atom. The molecule has 1 aromatic heterocycles. The summed E-state index contributed by atoms with van der Waals surface area (Å²) in [6.45, 7) is 9.64. The number of rotatable bonds is 5. The van der Waals surface area contributed by atoms with E-state index in [1.165, 1.54) is 10.9 Å². The first-order chi connectivity index (χ1) is 11.2. The summed E-state index contributed by atoms with van der Waals surface area (Å²) in [5.74, 6) is 0.0650. The largest absolute Gasteiger partial charge is 0.314 e. The van der Waals surface area contributed by atoms with Crippen molar-refractivity contribution in [3.63, 3.8) is 0 Å². The number of hydrogen-bond donors (Lipinski definition) is 1. The van der Waals surface area contributed by atoms with Crippen molar-refractivity contribution in [2.45, 2.75) is 25.8 Å². The normalized spacial score (nSPS) is 17.3. The molecule has 0 radical (unpaired) electrons. The van der Waals surface area contributed by atoms with E-state index in [9.17, 15) is 4.79 Å². The van der Waals surface area contributed by atoms with Crippen LogP contribution in [-0.4, -0.2) is 41.6 Å². The quantitative estimate of drug-likeness (QED) is 0.862. The molecule has 0 unspecified atom stereocenters. The van der Waals surface area contributed by atoms with Crippen molar-refractivity contribution < 1.29 is 4.79 Å². The van der Waals surface area contributed by atoms with Crippen LogP contribution in [0.2, 0.25) is 0 Å². The summed E-state index contributed by atoms with van der Waals surface area (Å²) in [4.78, 5) is 14.5. The second kappa shape index (κ2) is 7.11. The molecule has 2 heterocycles. The molecule has 0 aliphatic carbocycles. The van der Waals surface area contributed by atoms with Gasteiger partial charge >= 0.3 is 0 Å². The predicted molar refractivity (Wildman–Crippen MR) is 94.9 cm³/mol. The Morgan fingerprint density at radius 1 is 1.35 bits per heavy atom. The van der Waals surface area contributed by atoms with Gasteiger partial charge in [-0.3, -0.25) is 14.3 Å². The molecule has 3 rings (SSSR count). The van der Waals surface area contributed by atoms with E-state index in [1.54, 1.807) is 11.5 Å². The first-order valence-corrected chi connectivity index (χ1v) is 8.39. The smallest absolute Gasteiger partial charge is 0.227 e. The van der Waals surface area contributed by atoms with Gasteiger partial charge in [-0.05, 0) is 24.5 Å². The molecule has 1 aromatic carbocycles. The van der Waals surface area contributed by atoms with E-state index in [1.807, 2.05) is 24.4 Å². The summed E-state index contributed by atoms with van der Waals surface area (Å²) >= 11 is 0. The maximum absolute atomic E-state index is 12.0. The highest BCUT2D eigenvalue weighted by molar-refractivity contribution is 5.93. The lowest BCUT2D eigenvalue weighted by atomic mass is 9.99. The fourth-order valence-electron chi connectivity index (χ4n) is 3.54. The Kier molecular flexibility index (Phi) is 4.94. The van der Waals surface area contributed by atoms with Crippen LogP contribution in [0.4, 0.5) is 0 Å². The summed E-state index contributed by atoms with van der Waals surface area (Å²) in [7, 11) is 0. The molecule has 23 heavy (non-hydrogen) atoms. The Balaban J connectivity index is 2.05. The van der Waals surface area contributed by atoms with Crippen molar-refractivity contribution in [2.24, 2.45) is 0 Å². The molecule has 2 aromatic rings. The fraction of sp³-hybridized carbons (Fsp3) is 0.421. The Labute approximate surface area is 137 Å². The van der Waals surface area contributed by atoms with E-state index in [0.717, 1.165) is 44.5 Å². The van der Waals surface area contributed by atoms with E-state index in [2.05, 4.69) is 28.9 Å². The molecule has 122 valence electrons. The molecule has 1 aliphatic rings. The number of nitrogens with zero attached hydrogens (tertiary/aromatic N) is 2. The first-order valence-electron chi connectivity index (χ1n) is 8.39. The van der Waals surface area contributed by atoms with E-state index in [-0.39, 0.29) is 5.91 Å². The van der Waals surface area contributed by atoms with E-state index >= 15 is 0 Å². The molecule has 4 nitrogen and oxygen atoms in total. The van der Waals surface area contributed by atoms with Crippen molar-refractivity contribution in [2.75, 3.05) is 26.2 Å². The number of hydrogen-bond acceptors (Lipinski definition) is 3. The molecule has 1 atom stereocenters. The number of carbonyl (C=O) groups is 1. The summed E-state index contributed by atoms with van der Waals surface area (Å²) < 4.78 is 1.79. The maximum Gasteiger partial charge on any atom is 0.227 e. The third kappa shape index (κ3) is 3.23. The van der Waals surface area contributed by atoms with Gasteiger partial charge in [-0.15, -0.1) is 6.58 Å². The van der Waals surface area contributed by atoms with Crippen molar-refractivity contribution in [3.05, 3.63) is 48.7 Å². The minimum absolute atomic E-state index is 0.0650. The van der Waals surface area contributed by atoms with Crippen LogP contribution in [0.3, 0.4) is 0 Å². The van der Waals surface area contributed by atoms with Gasteiger partial charge in [-0.1, -0.05) is 24.3 Å². The first kappa shape index (κ1) is 16.0. The molecule has 0 spiro atoms.